The number of para-hydroxylation sites is 1. The van der Waals surface area contributed by atoms with Crippen LogP contribution < -0.4 is 15.8 Å². The molecule has 4 nitrogen and oxygen atoms in total. The molecule has 0 saturated heterocycles. The number of benzene rings is 1. The average molecular weight is 290 g/mol. The molecule has 0 aliphatic carbocycles. The number of nitrogens with one attached hydrogen (secondary N) is 1. The van der Waals surface area contributed by atoms with Gasteiger partial charge in [-0.05, 0) is 30.7 Å². The molecule has 0 aliphatic heterocycles. The lowest BCUT2D eigenvalue weighted by Gasteiger charge is -2.09. The highest BCUT2D eigenvalue weighted by Crippen LogP contribution is 2.24. The number of amides is 1. The minimum Gasteiger partial charge on any atom is -0.495 e. The third kappa shape index (κ3) is 3.11. The summed E-state index contributed by atoms with van der Waals surface area (Å²) < 4.78 is 5.11. The van der Waals surface area contributed by atoms with Crippen LogP contribution in [0.25, 0.3) is 0 Å². The number of thiophene rings is 1. The zero-order valence-electron chi connectivity index (χ0n) is 11.6. The molecule has 106 valence electrons. The van der Waals surface area contributed by atoms with Gasteiger partial charge in [-0.3, -0.25) is 4.79 Å². The first-order valence-electron chi connectivity index (χ1n) is 6.44. The van der Waals surface area contributed by atoms with Crippen LogP contribution in [-0.4, -0.2) is 13.0 Å². The van der Waals surface area contributed by atoms with E-state index in [-0.39, 0.29) is 5.91 Å². The Kier molecular flexibility index (Phi) is 4.63. The first-order chi connectivity index (χ1) is 9.65. The lowest BCUT2D eigenvalue weighted by atomic mass is 10.1. The summed E-state index contributed by atoms with van der Waals surface area (Å²) in [5.41, 5.74) is 6.72. The van der Waals surface area contributed by atoms with Crippen molar-refractivity contribution >= 4 is 22.9 Å². The van der Waals surface area contributed by atoms with E-state index in [1.807, 2.05) is 6.07 Å². The Morgan fingerprint density at radius 3 is 2.70 bits per heavy atom. The molecule has 0 unspecified atom stereocenters. The van der Waals surface area contributed by atoms with Gasteiger partial charge in [0.1, 0.15) is 5.75 Å². The molecule has 20 heavy (non-hydrogen) atoms. The van der Waals surface area contributed by atoms with E-state index in [4.69, 9.17) is 10.5 Å². The van der Waals surface area contributed by atoms with Crippen molar-refractivity contribution in [1.82, 2.24) is 5.32 Å². The molecular weight excluding hydrogens is 272 g/mol. The number of methoxy groups -OCH3 is 1. The normalized spacial score (nSPS) is 10.3. The van der Waals surface area contributed by atoms with E-state index in [2.05, 4.69) is 18.3 Å². The number of anilines is 1. The summed E-state index contributed by atoms with van der Waals surface area (Å²) in [6.07, 6.45) is 1.02. The minimum atomic E-state index is -0.187. The largest absolute Gasteiger partial charge is 0.495 e. The van der Waals surface area contributed by atoms with E-state index in [0.717, 1.165) is 11.3 Å². The maximum atomic E-state index is 12.1. The fourth-order valence-corrected chi connectivity index (χ4v) is 2.79. The fourth-order valence-electron chi connectivity index (χ4n) is 1.89. The van der Waals surface area contributed by atoms with Crippen LogP contribution in [0, 0.1) is 0 Å². The lowest BCUT2D eigenvalue weighted by molar-refractivity contribution is 0.0952. The maximum absolute atomic E-state index is 12.1. The molecule has 0 atom stereocenters. The number of hydrogen-bond acceptors (Lipinski definition) is 4. The molecule has 0 fully saturated rings. The summed E-state index contributed by atoms with van der Waals surface area (Å²) in [4.78, 5) is 14.6. The number of nitrogens with two attached hydrogens (primary N) is 1. The third-order valence-corrected chi connectivity index (χ3v) is 4.25. The molecule has 1 aromatic heterocycles. The van der Waals surface area contributed by atoms with Crippen molar-refractivity contribution in [2.75, 3.05) is 12.8 Å². The number of aryl methyl sites for hydroxylation is 1. The van der Waals surface area contributed by atoms with Crippen molar-refractivity contribution in [3.8, 4) is 5.75 Å². The number of rotatable bonds is 5. The SMILES string of the molecule is CCc1ccc(CNC(=O)c2cccc(OC)c2N)s1. The summed E-state index contributed by atoms with van der Waals surface area (Å²) in [6, 6.07) is 9.31. The van der Waals surface area contributed by atoms with Crippen molar-refractivity contribution in [2.45, 2.75) is 19.9 Å². The van der Waals surface area contributed by atoms with Crippen LogP contribution in [0.5, 0.6) is 5.75 Å². The van der Waals surface area contributed by atoms with Gasteiger partial charge in [0.25, 0.3) is 5.91 Å². The predicted molar refractivity (Wildman–Crippen MR) is 82.3 cm³/mol. The van der Waals surface area contributed by atoms with Gasteiger partial charge >= 0.3 is 0 Å². The zero-order valence-corrected chi connectivity index (χ0v) is 12.4. The number of nitrogen functional groups attached to an aromatic ring is 1. The molecular formula is C15H18N2O2S. The first-order valence-corrected chi connectivity index (χ1v) is 7.25. The second kappa shape index (κ2) is 6.43. The molecule has 1 heterocycles. The smallest absolute Gasteiger partial charge is 0.253 e. The molecule has 5 heteroatoms. The summed E-state index contributed by atoms with van der Waals surface area (Å²) >= 11 is 1.71. The van der Waals surface area contributed by atoms with Gasteiger partial charge in [-0.25, -0.2) is 0 Å². The van der Waals surface area contributed by atoms with E-state index in [1.54, 1.807) is 29.5 Å². The fraction of sp³-hybridized carbons (Fsp3) is 0.267. The molecule has 0 aliphatic rings. The van der Waals surface area contributed by atoms with Crippen LogP contribution in [0.15, 0.2) is 30.3 Å². The van der Waals surface area contributed by atoms with Crippen molar-refractivity contribution in [3.05, 3.63) is 45.6 Å². The van der Waals surface area contributed by atoms with E-state index in [9.17, 15) is 4.79 Å². The van der Waals surface area contributed by atoms with Crippen LogP contribution in [-0.2, 0) is 13.0 Å². The molecule has 1 aromatic carbocycles. The van der Waals surface area contributed by atoms with Gasteiger partial charge < -0.3 is 15.8 Å². The number of hydrogen-bond donors (Lipinski definition) is 2. The number of ether oxygens (including phenoxy) is 1. The topological polar surface area (TPSA) is 64.3 Å². The molecule has 0 bridgehead atoms. The van der Waals surface area contributed by atoms with Crippen LogP contribution >= 0.6 is 11.3 Å². The van der Waals surface area contributed by atoms with Crippen molar-refractivity contribution in [1.29, 1.82) is 0 Å². The minimum absolute atomic E-state index is 0.187. The van der Waals surface area contributed by atoms with Crippen LogP contribution in [0.3, 0.4) is 0 Å². The summed E-state index contributed by atoms with van der Waals surface area (Å²) in [6.45, 7) is 2.63. The van der Waals surface area contributed by atoms with E-state index < -0.39 is 0 Å². The van der Waals surface area contributed by atoms with Gasteiger partial charge in [-0.1, -0.05) is 13.0 Å². The van der Waals surface area contributed by atoms with Gasteiger partial charge in [-0.15, -0.1) is 11.3 Å². The van der Waals surface area contributed by atoms with E-state index >= 15 is 0 Å². The zero-order chi connectivity index (χ0) is 14.5. The number of carbonyl (C=O) groups is 1. The molecule has 0 spiro atoms. The summed E-state index contributed by atoms with van der Waals surface area (Å²) in [5, 5.41) is 2.88. The van der Waals surface area contributed by atoms with Crippen LogP contribution in [0.2, 0.25) is 0 Å². The third-order valence-electron chi connectivity index (χ3n) is 3.02. The lowest BCUT2D eigenvalue weighted by Crippen LogP contribution is -2.23. The van der Waals surface area contributed by atoms with E-state index in [1.165, 1.54) is 12.0 Å². The van der Waals surface area contributed by atoms with Crippen molar-refractivity contribution in [3.63, 3.8) is 0 Å². The van der Waals surface area contributed by atoms with Gasteiger partial charge in [0.15, 0.2) is 0 Å². The maximum Gasteiger partial charge on any atom is 0.253 e. The molecule has 1 amide bonds. The number of carbonyl (C=O) groups excluding carboxylic acids is 1. The summed E-state index contributed by atoms with van der Waals surface area (Å²) in [7, 11) is 1.53. The Hall–Kier alpha value is -2.01. The van der Waals surface area contributed by atoms with Gasteiger partial charge in [0, 0.05) is 9.75 Å². The molecule has 3 N–H and O–H groups in total. The van der Waals surface area contributed by atoms with Gasteiger partial charge in [0.2, 0.25) is 0 Å². The van der Waals surface area contributed by atoms with E-state index in [0.29, 0.717) is 23.5 Å². The highest BCUT2D eigenvalue weighted by Gasteiger charge is 2.12. The monoisotopic (exact) mass is 290 g/mol. The predicted octanol–water partition coefficient (Wildman–Crippen LogP) is 2.83. The van der Waals surface area contributed by atoms with Gasteiger partial charge in [-0.2, -0.15) is 0 Å². The Labute approximate surface area is 122 Å². The second-order valence-corrected chi connectivity index (χ2v) is 5.58. The Balaban J connectivity index is 2.05. The standard InChI is InChI=1S/C15H18N2O2S/c1-3-10-7-8-11(20-10)9-17-15(18)12-5-4-6-13(19-2)14(12)16/h4-8H,3,9,16H2,1-2H3,(H,17,18). The quantitative estimate of drug-likeness (QED) is 0.832. The van der Waals surface area contributed by atoms with Gasteiger partial charge in [0.05, 0.1) is 24.9 Å². The molecule has 0 radical (unpaired) electrons. The first kappa shape index (κ1) is 14.4. The molecule has 0 saturated carbocycles. The Bertz CT molecular complexity index is 608. The average Bonchev–Trinajstić information content (AvgIpc) is 2.93. The van der Waals surface area contributed by atoms with Crippen LogP contribution in [0.4, 0.5) is 5.69 Å². The van der Waals surface area contributed by atoms with Crippen LogP contribution in [0.1, 0.15) is 27.0 Å². The van der Waals surface area contributed by atoms with Crippen molar-refractivity contribution < 1.29 is 9.53 Å². The van der Waals surface area contributed by atoms with Crippen molar-refractivity contribution in [2.24, 2.45) is 0 Å². The highest BCUT2D eigenvalue weighted by molar-refractivity contribution is 7.11. The summed E-state index contributed by atoms with van der Waals surface area (Å²) in [5.74, 6) is 0.329. The molecule has 2 aromatic rings. The molecule has 2 rings (SSSR count). The Morgan fingerprint density at radius 1 is 1.30 bits per heavy atom. The second-order valence-electron chi connectivity index (χ2n) is 4.33. The Morgan fingerprint density at radius 2 is 2.05 bits per heavy atom. The highest BCUT2D eigenvalue weighted by atomic mass is 32.1.